The molecule has 0 saturated carbocycles. The number of hydrogen-bond donors (Lipinski definition) is 1. The van der Waals surface area contributed by atoms with Crippen LogP contribution in [0.3, 0.4) is 0 Å². The van der Waals surface area contributed by atoms with Gasteiger partial charge in [0.15, 0.2) is 0 Å². The van der Waals surface area contributed by atoms with Crippen molar-refractivity contribution in [3.05, 3.63) is 12.7 Å². The topological polar surface area (TPSA) is 32.3 Å². The first kappa shape index (κ1) is 11.2. The molecule has 0 radical (unpaired) electrons. The summed E-state index contributed by atoms with van der Waals surface area (Å²) in [6.07, 6.45) is 6.00. The van der Waals surface area contributed by atoms with E-state index in [2.05, 4.69) is 11.9 Å². The molecule has 14 heavy (non-hydrogen) atoms. The van der Waals surface area contributed by atoms with Gasteiger partial charge in [0.25, 0.3) is 0 Å². The largest absolute Gasteiger partial charge is 0.344 e. The Morgan fingerprint density at radius 2 is 2.50 bits per heavy atom. The number of allylic oxidation sites excluding steroid dienone is 1. The lowest BCUT2D eigenvalue weighted by Crippen LogP contribution is -2.41. The van der Waals surface area contributed by atoms with Crippen LogP contribution in [0.5, 0.6) is 0 Å². The van der Waals surface area contributed by atoms with Gasteiger partial charge in [0.05, 0.1) is 6.04 Å². The minimum absolute atomic E-state index is 0.0729. The lowest BCUT2D eigenvalue weighted by molar-refractivity contribution is -0.131. The Bertz CT molecular complexity index is 197. The third-order valence-electron chi connectivity index (χ3n) is 2.64. The van der Waals surface area contributed by atoms with E-state index in [1.165, 1.54) is 0 Å². The van der Waals surface area contributed by atoms with Crippen LogP contribution in [0.25, 0.3) is 0 Å². The van der Waals surface area contributed by atoms with Gasteiger partial charge in [0.1, 0.15) is 0 Å². The van der Waals surface area contributed by atoms with Crippen molar-refractivity contribution in [3.8, 4) is 0 Å². The summed E-state index contributed by atoms with van der Waals surface area (Å²) in [5.41, 5.74) is 0. The maximum atomic E-state index is 11.8. The van der Waals surface area contributed by atoms with E-state index in [-0.39, 0.29) is 11.9 Å². The van der Waals surface area contributed by atoms with E-state index in [0.29, 0.717) is 0 Å². The molecule has 1 N–H and O–H groups in total. The van der Waals surface area contributed by atoms with Gasteiger partial charge in [-0.05, 0) is 32.2 Å². The standard InChI is InChI=1S/C11H20N2O/c1-3-4-5-9-13(2)11(14)10-7-6-8-12-10/h3,10,12H,1,4-9H2,2H3. The molecule has 1 fully saturated rings. The second-order valence-corrected chi connectivity index (χ2v) is 3.84. The van der Waals surface area contributed by atoms with Crippen LogP contribution in [0.15, 0.2) is 12.7 Å². The lowest BCUT2D eigenvalue weighted by Gasteiger charge is -2.20. The van der Waals surface area contributed by atoms with E-state index in [4.69, 9.17) is 0 Å². The summed E-state index contributed by atoms with van der Waals surface area (Å²) in [5, 5.41) is 3.22. The molecule has 1 aliphatic heterocycles. The van der Waals surface area contributed by atoms with Crippen LogP contribution in [0.2, 0.25) is 0 Å². The van der Waals surface area contributed by atoms with Crippen molar-refractivity contribution in [3.63, 3.8) is 0 Å². The van der Waals surface area contributed by atoms with E-state index in [9.17, 15) is 4.79 Å². The van der Waals surface area contributed by atoms with E-state index >= 15 is 0 Å². The Morgan fingerprint density at radius 1 is 1.71 bits per heavy atom. The van der Waals surface area contributed by atoms with Crippen molar-refractivity contribution in [1.29, 1.82) is 0 Å². The molecule has 1 amide bonds. The molecule has 1 atom stereocenters. The van der Waals surface area contributed by atoms with Gasteiger partial charge in [0.2, 0.25) is 5.91 Å². The van der Waals surface area contributed by atoms with Crippen molar-refractivity contribution >= 4 is 5.91 Å². The molecule has 0 aliphatic carbocycles. The Labute approximate surface area is 86.2 Å². The molecule has 0 aromatic heterocycles. The molecule has 0 bridgehead atoms. The first-order valence-electron chi connectivity index (χ1n) is 5.35. The maximum Gasteiger partial charge on any atom is 0.239 e. The number of nitrogens with zero attached hydrogens (tertiary/aromatic N) is 1. The molecule has 1 saturated heterocycles. The van der Waals surface area contributed by atoms with Crippen LogP contribution in [-0.4, -0.2) is 37.0 Å². The van der Waals surface area contributed by atoms with Gasteiger partial charge in [-0.3, -0.25) is 4.79 Å². The number of hydrogen-bond acceptors (Lipinski definition) is 2. The summed E-state index contributed by atoms with van der Waals surface area (Å²) in [4.78, 5) is 13.6. The number of likely N-dealkylation sites (N-methyl/N-ethyl adjacent to an activating group) is 1. The van der Waals surface area contributed by atoms with Crippen molar-refractivity contribution in [2.75, 3.05) is 20.1 Å². The Morgan fingerprint density at radius 3 is 3.07 bits per heavy atom. The molecule has 80 valence electrons. The van der Waals surface area contributed by atoms with Gasteiger partial charge in [-0.2, -0.15) is 0 Å². The van der Waals surface area contributed by atoms with Crippen LogP contribution < -0.4 is 5.32 Å². The highest BCUT2D eigenvalue weighted by atomic mass is 16.2. The van der Waals surface area contributed by atoms with Crippen LogP contribution in [-0.2, 0) is 4.79 Å². The normalized spacial score (nSPS) is 20.8. The van der Waals surface area contributed by atoms with Crippen molar-refractivity contribution in [2.24, 2.45) is 0 Å². The number of nitrogens with one attached hydrogen (secondary N) is 1. The lowest BCUT2D eigenvalue weighted by atomic mass is 10.2. The molecule has 0 aromatic carbocycles. The molecule has 3 heteroatoms. The van der Waals surface area contributed by atoms with E-state index in [0.717, 1.165) is 38.8 Å². The highest BCUT2D eigenvalue weighted by molar-refractivity contribution is 5.81. The first-order valence-corrected chi connectivity index (χ1v) is 5.35. The minimum Gasteiger partial charge on any atom is -0.344 e. The molecular weight excluding hydrogens is 176 g/mol. The van der Waals surface area contributed by atoms with Gasteiger partial charge in [-0.25, -0.2) is 0 Å². The molecule has 1 rings (SSSR count). The molecule has 1 aliphatic rings. The Balaban J connectivity index is 2.24. The molecule has 0 aromatic rings. The smallest absolute Gasteiger partial charge is 0.239 e. The van der Waals surface area contributed by atoms with Gasteiger partial charge < -0.3 is 10.2 Å². The maximum absolute atomic E-state index is 11.8. The number of rotatable bonds is 5. The zero-order valence-corrected chi connectivity index (χ0v) is 8.96. The average Bonchev–Trinajstić information content (AvgIpc) is 2.69. The highest BCUT2D eigenvalue weighted by Crippen LogP contribution is 2.08. The predicted molar refractivity (Wildman–Crippen MR) is 58.1 cm³/mol. The van der Waals surface area contributed by atoms with Crippen LogP contribution in [0.1, 0.15) is 25.7 Å². The summed E-state index contributed by atoms with van der Waals surface area (Å²) in [6.45, 7) is 5.48. The zero-order chi connectivity index (χ0) is 10.4. The summed E-state index contributed by atoms with van der Waals surface area (Å²) < 4.78 is 0. The average molecular weight is 196 g/mol. The van der Waals surface area contributed by atoms with Crippen molar-refractivity contribution in [1.82, 2.24) is 10.2 Å². The summed E-state index contributed by atoms with van der Waals surface area (Å²) in [5.74, 6) is 0.242. The zero-order valence-electron chi connectivity index (χ0n) is 8.96. The van der Waals surface area contributed by atoms with Gasteiger partial charge in [-0.15, -0.1) is 6.58 Å². The van der Waals surface area contributed by atoms with E-state index < -0.39 is 0 Å². The van der Waals surface area contributed by atoms with Crippen molar-refractivity contribution < 1.29 is 4.79 Å². The number of carbonyl (C=O) groups excluding carboxylic acids is 1. The summed E-state index contributed by atoms with van der Waals surface area (Å²) in [7, 11) is 1.88. The third-order valence-corrected chi connectivity index (χ3v) is 2.64. The molecule has 1 unspecified atom stereocenters. The molecule has 1 heterocycles. The monoisotopic (exact) mass is 196 g/mol. The van der Waals surface area contributed by atoms with Gasteiger partial charge in [0, 0.05) is 13.6 Å². The highest BCUT2D eigenvalue weighted by Gasteiger charge is 2.24. The second kappa shape index (κ2) is 5.81. The molecular formula is C11H20N2O. The van der Waals surface area contributed by atoms with Gasteiger partial charge in [-0.1, -0.05) is 6.08 Å². The minimum atomic E-state index is 0.0729. The second-order valence-electron chi connectivity index (χ2n) is 3.84. The summed E-state index contributed by atoms with van der Waals surface area (Å²) in [6, 6.07) is 0.0729. The number of amides is 1. The van der Waals surface area contributed by atoms with Crippen LogP contribution >= 0.6 is 0 Å². The predicted octanol–water partition coefficient (Wildman–Crippen LogP) is 1.16. The first-order chi connectivity index (χ1) is 6.75. The van der Waals surface area contributed by atoms with Crippen LogP contribution in [0, 0.1) is 0 Å². The Hall–Kier alpha value is -0.830. The number of unbranched alkanes of at least 4 members (excludes halogenated alkanes) is 1. The van der Waals surface area contributed by atoms with Crippen LogP contribution in [0.4, 0.5) is 0 Å². The van der Waals surface area contributed by atoms with E-state index in [1.807, 2.05) is 18.0 Å². The third kappa shape index (κ3) is 3.14. The SMILES string of the molecule is C=CCCCN(C)C(=O)C1CCCN1. The fourth-order valence-electron chi connectivity index (χ4n) is 1.74. The fraction of sp³-hybridized carbons (Fsp3) is 0.727. The van der Waals surface area contributed by atoms with E-state index in [1.54, 1.807) is 0 Å². The Kier molecular flexibility index (Phi) is 4.66. The van der Waals surface area contributed by atoms with Crippen molar-refractivity contribution in [2.45, 2.75) is 31.7 Å². The summed E-state index contributed by atoms with van der Waals surface area (Å²) >= 11 is 0. The quantitative estimate of drug-likeness (QED) is 0.528. The molecule has 3 nitrogen and oxygen atoms in total. The number of carbonyl (C=O) groups is 1. The molecule has 0 spiro atoms. The fourth-order valence-corrected chi connectivity index (χ4v) is 1.74. The van der Waals surface area contributed by atoms with Gasteiger partial charge >= 0.3 is 0 Å².